The number of ether oxygens (including phenoxy) is 3. The van der Waals surface area contributed by atoms with E-state index in [1.165, 1.54) is 31.8 Å². The summed E-state index contributed by atoms with van der Waals surface area (Å²) in [7, 11) is 0. The fourth-order valence-corrected chi connectivity index (χ4v) is 2.72. The van der Waals surface area contributed by atoms with Crippen LogP contribution in [0.3, 0.4) is 0 Å². The van der Waals surface area contributed by atoms with E-state index in [-0.39, 0.29) is 5.97 Å². The molecule has 0 amide bonds. The maximum absolute atomic E-state index is 11.4. The zero-order chi connectivity index (χ0) is 20.0. The molecule has 4 heteroatoms. The van der Waals surface area contributed by atoms with Gasteiger partial charge in [0.15, 0.2) is 11.5 Å². The van der Waals surface area contributed by atoms with Crippen LogP contribution in [0, 0.1) is 5.92 Å². The van der Waals surface area contributed by atoms with Gasteiger partial charge in [0, 0.05) is 6.08 Å². The second-order valence-electron chi connectivity index (χ2n) is 7.32. The summed E-state index contributed by atoms with van der Waals surface area (Å²) in [6.45, 7) is 4.83. The zero-order valence-corrected chi connectivity index (χ0v) is 17.1. The van der Waals surface area contributed by atoms with E-state index in [1.54, 1.807) is 6.08 Å². The largest absolute Gasteiger partial charge is 0.462 e. The van der Waals surface area contributed by atoms with Crippen LogP contribution in [0.2, 0.25) is 0 Å². The van der Waals surface area contributed by atoms with Crippen LogP contribution in [-0.2, 0) is 9.53 Å². The molecule has 0 N–H and O–H groups in total. The first-order valence-electron chi connectivity index (χ1n) is 10.2. The Labute approximate surface area is 168 Å². The lowest BCUT2D eigenvalue weighted by Gasteiger charge is -2.03. The molecule has 1 aliphatic heterocycles. The second-order valence-corrected chi connectivity index (χ2v) is 7.32. The van der Waals surface area contributed by atoms with Gasteiger partial charge in [0.1, 0.15) is 0 Å². The van der Waals surface area contributed by atoms with Crippen LogP contribution in [0.1, 0.15) is 57.9 Å². The number of allylic oxidation sites excluding steroid dienone is 4. The fraction of sp³-hybridized carbons (Fsp3) is 0.458. The van der Waals surface area contributed by atoms with Gasteiger partial charge in [0.2, 0.25) is 6.79 Å². The van der Waals surface area contributed by atoms with E-state index in [1.807, 2.05) is 32.1 Å². The Hall–Kier alpha value is -2.49. The molecule has 0 atom stereocenters. The molecule has 0 spiro atoms. The van der Waals surface area contributed by atoms with E-state index >= 15 is 0 Å². The van der Waals surface area contributed by atoms with Gasteiger partial charge >= 0.3 is 5.97 Å². The van der Waals surface area contributed by atoms with Gasteiger partial charge in [0.25, 0.3) is 0 Å². The first-order chi connectivity index (χ1) is 13.6. The summed E-state index contributed by atoms with van der Waals surface area (Å²) >= 11 is 0. The minimum absolute atomic E-state index is 0.271. The lowest BCUT2D eigenvalue weighted by Crippen LogP contribution is -2.06. The van der Waals surface area contributed by atoms with Crippen LogP contribution in [0.4, 0.5) is 0 Å². The number of carbonyl (C=O) groups is 1. The molecule has 0 unspecified atom stereocenters. The van der Waals surface area contributed by atoms with Gasteiger partial charge in [-0.25, -0.2) is 4.79 Å². The topological polar surface area (TPSA) is 44.8 Å². The van der Waals surface area contributed by atoms with Crippen molar-refractivity contribution in [1.29, 1.82) is 0 Å². The van der Waals surface area contributed by atoms with Crippen molar-refractivity contribution in [3.8, 4) is 11.5 Å². The molecule has 0 aromatic heterocycles. The molecule has 1 aliphatic rings. The smallest absolute Gasteiger partial charge is 0.330 e. The summed E-state index contributed by atoms with van der Waals surface area (Å²) in [6, 6.07) is 6.03. The van der Waals surface area contributed by atoms with Gasteiger partial charge in [-0.1, -0.05) is 63.1 Å². The second kappa shape index (κ2) is 12.8. The number of benzene rings is 1. The molecule has 28 heavy (non-hydrogen) atoms. The molecule has 2 rings (SSSR count). The third-order valence-corrected chi connectivity index (χ3v) is 4.24. The van der Waals surface area contributed by atoms with Gasteiger partial charge < -0.3 is 14.2 Å². The van der Waals surface area contributed by atoms with Crippen molar-refractivity contribution in [3.05, 3.63) is 54.1 Å². The Bertz CT molecular complexity index is 686. The SMILES string of the molecule is CC(C)COC(=O)/C=C/C=C/CCCCCC/C=C/c1ccc2c(c1)OCO2. The van der Waals surface area contributed by atoms with E-state index in [9.17, 15) is 4.79 Å². The number of hydrogen-bond donors (Lipinski definition) is 0. The standard InChI is InChI=1S/C24H32O4/c1-20(2)18-26-24(25)14-12-10-8-6-4-3-5-7-9-11-13-21-15-16-22-23(17-21)28-19-27-22/h8,10-17,20H,3-7,9,18-19H2,1-2H3/b10-8+,13-11+,14-12+. The Morgan fingerprint density at radius 3 is 2.57 bits per heavy atom. The quantitative estimate of drug-likeness (QED) is 0.190. The minimum atomic E-state index is -0.271. The van der Waals surface area contributed by atoms with E-state index in [4.69, 9.17) is 14.2 Å². The Morgan fingerprint density at radius 2 is 1.79 bits per heavy atom. The minimum Gasteiger partial charge on any atom is -0.462 e. The van der Waals surface area contributed by atoms with Gasteiger partial charge in [-0.15, -0.1) is 0 Å². The lowest BCUT2D eigenvalue weighted by atomic mass is 10.1. The predicted molar refractivity (Wildman–Crippen MR) is 113 cm³/mol. The highest BCUT2D eigenvalue weighted by Crippen LogP contribution is 2.32. The van der Waals surface area contributed by atoms with Crippen LogP contribution < -0.4 is 9.47 Å². The Kier molecular flexibility index (Phi) is 9.98. The van der Waals surface area contributed by atoms with E-state index in [0.717, 1.165) is 29.9 Å². The van der Waals surface area contributed by atoms with E-state index < -0.39 is 0 Å². The monoisotopic (exact) mass is 384 g/mol. The Morgan fingerprint density at radius 1 is 1.04 bits per heavy atom. The number of rotatable bonds is 12. The molecule has 0 bridgehead atoms. The summed E-state index contributed by atoms with van der Waals surface area (Å²) in [5, 5.41) is 0. The molecule has 0 aliphatic carbocycles. The number of unbranched alkanes of at least 4 members (excludes halogenated alkanes) is 5. The summed E-state index contributed by atoms with van der Waals surface area (Å²) in [4.78, 5) is 11.4. The molecule has 152 valence electrons. The molecule has 1 aromatic rings. The van der Waals surface area contributed by atoms with Crippen molar-refractivity contribution in [3.63, 3.8) is 0 Å². The summed E-state index contributed by atoms with van der Waals surface area (Å²) in [5.74, 6) is 1.75. The molecule has 0 saturated heterocycles. The van der Waals surface area contributed by atoms with Gasteiger partial charge in [-0.2, -0.15) is 0 Å². The van der Waals surface area contributed by atoms with Crippen molar-refractivity contribution in [1.82, 2.24) is 0 Å². The number of hydrogen-bond acceptors (Lipinski definition) is 4. The van der Waals surface area contributed by atoms with Crippen LogP contribution in [0.25, 0.3) is 6.08 Å². The molecular weight excluding hydrogens is 352 g/mol. The van der Waals surface area contributed by atoms with Crippen molar-refractivity contribution >= 4 is 12.0 Å². The number of carbonyl (C=O) groups excluding carboxylic acids is 1. The highest BCUT2D eigenvalue weighted by atomic mass is 16.7. The number of esters is 1. The van der Waals surface area contributed by atoms with Crippen LogP contribution in [-0.4, -0.2) is 19.4 Å². The highest BCUT2D eigenvalue weighted by molar-refractivity contribution is 5.82. The molecule has 1 aromatic carbocycles. The van der Waals surface area contributed by atoms with Gasteiger partial charge in [0.05, 0.1) is 6.61 Å². The summed E-state index contributed by atoms with van der Waals surface area (Å²) in [6.07, 6.45) is 18.6. The van der Waals surface area contributed by atoms with Crippen molar-refractivity contribution < 1.29 is 19.0 Å². The first kappa shape index (κ1) is 21.8. The van der Waals surface area contributed by atoms with Crippen molar-refractivity contribution in [2.75, 3.05) is 13.4 Å². The van der Waals surface area contributed by atoms with Crippen molar-refractivity contribution in [2.45, 2.75) is 52.4 Å². The van der Waals surface area contributed by atoms with Crippen LogP contribution in [0.5, 0.6) is 11.5 Å². The Balaban J connectivity index is 1.47. The molecule has 0 radical (unpaired) electrons. The average Bonchev–Trinajstić information content (AvgIpc) is 3.15. The highest BCUT2D eigenvalue weighted by Gasteiger charge is 2.11. The summed E-state index contributed by atoms with van der Waals surface area (Å²) < 4.78 is 15.8. The van der Waals surface area contributed by atoms with E-state index in [2.05, 4.69) is 24.3 Å². The average molecular weight is 385 g/mol. The molecule has 0 saturated carbocycles. The maximum Gasteiger partial charge on any atom is 0.330 e. The lowest BCUT2D eigenvalue weighted by molar-refractivity contribution is -0.138. The normalized spacial score (nSPS) is 13.4. The maximum atomic E-state index is 11.4. The predicted octanol–water partition coefficient (Wildman–Crippen LogP) is 6.08. The third kappa shape index (κ3) is 8.94. The molecular formula is C24H32O4. The fourth-order valence-electron chi connectivity index (χ4n) is 2.72. The molecule has 1 heterocycles. The van der Waals surface area contributed by atoms with Crippen LogP contribution in [0.15, 0.2) is 48.6 Å². The van der Waals surface area contributed by atoms with Crippen molar-refractivity contribution in [2.24, 2.45) is 5.92 Å². The summed E-state index contributed by atoms with van der Waals surface area (Å²) in [5.41, 5.74) is 1.15. The van der Waals surface area contributed by atoms with Gasteiger partial charge in [-0.3, -0.25) is 0 Å². The molecule has 0 fully saturated rings. The third-order valence-electron chi connectivity index (χ3n) is 4.24. The zero-order valence-electron chi connectivity index (χ0n) is 17.1. The van der Waals surface area contributed by atoms with Gasteiger partial charge in [-0.05, 0) is 49.3 Å². The van der Waals surface area contributed by atoms with Crippen LogP contribution >= 0.6 is 0 Å². The first-order valence-corrected chi connectivity index (χ1v) is 10.2. The number of fused-ring (bicyclic) bond motifs is 1. The van der Waals surface area contributed by atoms with E-state index in [0.29, 0.717) is 19.3 Å². The molecule has 4 nitrogen and oxygen atoms in total.